The van der Waals surface area contributed by atoms with Crippen molar-refractivity contribution in [2.24, 2.45) is 7.05 Å². The van der Waals surface area contributed by atoms with Crippen LogP contribution in [-0.4, -0.2) is 16.3 Å². The third-order valence-electron chi connectivity index (χ3n) is 3.53. The summed E-state index contributed by atoms with van der Waals surface area (Å²) in [5.41, 5.74) is 3.72. The Morgan fingerprint density at radius 2 is 2.05 bits per heavy atom. The topological polar surface area (TPSA) is 29.9 Å². The fourth-order valence-electron chi connectivity index (χ4n) is 2.44. The highest BCUT2D eigenvalue weighted by Gasteiger charge is 2.16. The van der Waals surface area contributed by atoms with Crippen LogP contribution in [0.3, 0.4) is 0 Å². The fourth-order valence-corrected chi connectivity index (χ4v) is 3.00. The minimum absolute atomic E-state index is 0.302. The average molecular weight is 336 g/mol. The molecule has 0 saturated carbocycles. The molecule has 2 aromatic rings. The van der Waals surface area contributed by atoms with Gasteiger partial charge in [-0.05, 0) is 30.7 Å². The SMILES string of the molecule is CCNC(Cc1cc(CC)nn1C)c1ccccc1Br. The summed E-state index contributed by atoms with van der Waals surface area (Å²) in [4.78, 5) is 0. The van der Waals surface area contributed by atoms with Crippen LogP contribution in [0.1, 0.15) is 36.8 Å². The second-order valence-electron chi connectivity index (χ2n) is 4.94. The highest BCUT2D eigenvalue weighted by atomic mass is 79.9. The van der Waals surface area contributed by atoms with Crippen molar-refractivity contribution in [3.05, 3.63) is 51.8 Å². The lowest BCUT2D eigenvalue weighted by Gasteiger charge is -2.19. The Morgan fingerprint density at radius 1 is 1.30 bits per heavy atom. The normalized spacial score (nSPS) is 12.6. The number of nitrogens with zero attached hydrogens (tertiary/aromatic N) is 2. The zero-order valence-electron chi connectivity index (χ0n) is 12.4. The quantitative estimate of drug-likeness (QED) is 0.873. The number of benzene rings is 1. The predicted molar refractivity (Wildman–Crippen MR) is 86.8 cm³/mol. The van der Waals surface area contributed by atoms with Gasteiger partial charge in [-0.1, -0.05) is 48.0 Å². The van der Waals surface area contributed by atoms with E-state index in [4.69, 9.17) is 0 Å². The van der Waals surface area contributed by atoms with Gasteiger partial charge in [-0.15, -0.1) is 0 Å². The third-order valence-corrected chi connectivity index (χ3v) is 4.26. The Kier molecular flexibility index (Phi) is 5.38. The van der Waals surface area contributed by atoms with E-state index in [0.29, 0.717) is 6.04 Å². The first kappa shape index (κ1) is 15.3. The lowest BCUT2D eigenvalue weighted by atomic mass is 10.0. The molecule has 0 spiro atoms. The van der Waals surface area contributed by atoms with Crippen molar-refractivity contribution in [3.63, 3.8) is 0 Å². The molecule has 20 heavy (non-hydrogen) atoms. The van der Waals surface area contributed by atoms with Crippen molar-refractivity contribution in [2.75, 3.05) is 6.54 Å². The number of halogens is 1. The van der Waals surface area contributed by atoms with Crippen LogP contribution in [0.5, 0.6) is 0 Å². The maximum atomic E-state index is 4.54. The van der Waals surface area contributed by atoms with Crippen molar-refractivity contribution in [1.29, 1.82) is 0 Å². The van der Waals surface area contributed by atoms with E-state index in [-0.39, 0.29) is 0 Å². The monoisotopic (exact) mass is 335 g/mol. The molecule has 1 unspecified atom stereocenters. The van der Waals surface area contributed by atoms with Crippen LogP contribution < -0.4 is 5.32 Å². The predicted octanol–water partition coefficient (Wildman–Crippen LogP) is 3.64. The van der Waals surface area contributed by atoms with Crippen molar-refractivity contribution in [3.8, 4) is 0 Å². The molecular formula is C16H22BrN3. The summed E-state index contributed by atoms with van der Waals surface area (Å²) in [6, 6.07) is 10.9. The molecule has 1 heterocycles. The molecule has 2 rings (SSSR count). The molecule has 0 aliphatic heterocycles. The summed E-state index contributed by atoms with van der Waals surface area (Å²) in [5.74, 6) is 0. The van der Waals surface area contributed by atoms with Crippen LogP contribution in [0.2, 0.25) is 0 Å². The number of hydrogen-bond acceptors (Lipinski definition) is 2. The maximum absolute atomic E-state index is 4.54. The van der Waals surface area contributed by atoms with Crippen LogP contribution in [0.15, 0.2) is 34.8 Å². The van der Waals surface area contributed by atoms with Gasteiger partial charge >= 0.3 is 0 Å². The summed E-state index contributed by atoms with van der Waals surface area (Å²) < 4.78 is 3.16. The van der Waals surface area contributed by atoms with Crippen LogP contribution in [0, 0.1) is 0 Å². The first-order valence-electron chi connectivity index (χ1n) is 7.15. The van der Waals surface area contributed by atoms with Crippen molar-refractivity contribution in [2.45, 2.75) is 32.7 Å². The summed E-state index contributed by atoms with van der Waals surface area (Å²) in [7, 11) is 2.03. The van der Waals surface area contributed by atoms with Gasteiger partial charge in [0.1, 0.15) is 0 Å². The van der Waals surface area contributed by atoms with Crippen molar-refractivity contribution in [1.82, 2.24) is 15.1 Å². The molecule has 108 valence electrons. The second kappa shape index (κ2) is 7.04. The van der Waals surface area contributed by atoms with E-state index in [9.17, 15) is 0 Å². The number of rotatable bonds is 6. The van der Waals surface area contributed by atoms with E-state index in [0.717, 1.165) is 29.6 Å². The average Bonchev–Trinajstić information content (AvgIpc) is 2.80. The van der Waals surface area contributed by atoms with Gasteiger partial charge in [0, 0.05) is 29.7 Å². The summed E-state index contributed by atoms with van der Waals surface area (Å²) in [6.45, 7) is 5.23. The molecule has 0 radical (unpaired) electrons. The number of aryl methyl sites for hydroxylation is 2. The molecule has 0 saturated heterocycles. The van der Waals surface area contributed by atoms with Crippen molar-refractivity contribution >= 4 is 15.9 Å². The van der Waals surface area contributed by atoms with Gasteiger partial charge in [-0.3, -0.25) is 4.68 Å². The highest BCUT2D eigenvalue weighted by Crippen LogP contribution is 2.26. The van der Waals surface area contributed by atoms with E-state index in [1.54, 1.807) is 0 Å². The standard InChI is InChI=1S/C16H22BrN3/c1-4-12-10-13(20(3)19-12)11-16(18-5-2)14-8-6-7-9-15(14)17/h6-10,16,18H,4-5,11H2,1-3H3. The smallest absolute Gasteiger partial charge is 0.0624 e. The van der Waals surface area contributed by atoms with E-state index < -0.39 is 0 Å². The molecule has 4 heteroatoms. The molecular weight excluding hydrogens is 314 g/mol. The van der Waals surface area contributed by atoms with Crippen LogP contribution >= 0.6 is 15.9 Å². The van der Waals surface area contributed by atoms with Gasteiger partial charge in [0.2, 0.25) is 0 Å². The van der Waals surface area contributed by atoms with Gasteiger partial charge in [0.25, 0.3) is 0 Å². The van der Waals surface area contributed by atoms with Crippen LogP contribution in [0.4, 0.5) is 0 Å². The number of aromatic nitrogens is 2. The molecule has 1 N–H and O–H groups in total. The van der Waals surface area contributed by atoms with E-state index in [1.807, 2.05) is 11.7 Å². The van der Waals surface area contributed by atoms with Crippen LogP contribution in [-0.2, 0) is 19.9 Å². The first-order valence-corrected chi connectivity index (χ1v) is 7.94. The van der Waals surface area contributed by atoms with Gasteiger partial charge in [-0.25, -0.2) is 0 Å². The van der Waals surface area contributed by atoms with Gasteiger partial charge in [0.05, 0.1) is 5.69 Å². The Bertz CT molecular complexity index is 563. The molecule has 0 aliphatic rings. The summed E-state index contributed by atoms with van der Waals surface area (Å²) >= 11 is 3.66. The first-order chi connectivity index (χ1) is 9.65. The molecule has 1 aromatic carbocycles. The van der Waals surface area contributed by atoms with E-state index >= 15 is 0 Å². The fraction of sp³-hybridized carbons (Fsp3) is 0.438. The molecule has 1 aromatic heterocycles. The number of nitrogens with one attached hydrogen (secondary N) is 1. The van der Waals surface area contributed by atoms with Gasteiger partial charge in [0.15, 0.2) is 0 Å². The molecule has 0 aliphatic carbocycles. The van der Waals surface area contributed by atoms with Crippen LogP contribution in [0.25, 0.3) is 0 Å². The Labute approximate surface area is 129 Å². The Morgan fingerprint density at radius 3 is 2.65 bits per heavy atom. The molecule has 0 fully saturated rings. The molecule has 0 amide bonds. The van der Waals surface area contributed by atoms with E-state index in [1.165, 1.54) is 11.3 Å². The largest absolute Gasteiger partial charge is 0.310 e. The lowest BCUT2D eigenvalue weighted by molar-refractivity contribution is 0.527. The van der Waals surface area contributed by atoms with Gasteiger partial charge in [-0.2, -0.15) is 5.10 Å². The minimum atomic E-state index is 0.302. The minimum Gasteiger partial charge on any atom is -0.310 e. The number of likely N-dealkylation sites (N-methyl/N-ethyl adjacent to an activating group) is 1. The summed E-state index contributed by atoms with van der Waals surface area (Å²) in [5, 5.41) is 8.11. The summed E-state index contributed by atoms with van der Waals surface area (Å²) in [6.07, 6.45) is 1.93. The lowest BCUT2D eigenvalue weighted by Crippen LogP contribution is -2.24. The molecule has 3 nitrogen and oxygen atoms in total. The van der Waals surface area contributed by atoms with Gasteiger partial charge < -0.3 is 5.32 Å². The molecule has 0 bridgehead atoms. The zero-order chi connectivity index (χ0) is 14.5. The zero-order valence-corrected chi connectivity index (χ0v) is 13.9. The maximum Gasteiger partial charge on any atom is 0.0624 e. The third kappa shape index (κ3) is 3.49. The number of hydrogen-bond donors (Lipinski definition) is 1. The Balaban J connectivity index is 2.25. The Hall–Kier alpha value is -1.13. The van der Waals surface area contributed by atoms with Crippen molar-refractivity contribution < 1.29 is 0 Å². The highest BCUT2D eigenvalue weighted by molar-refractivity contribution is 9.10. The second-order valence-corrected chi connectivity index (χ2v) is 5.79. The van der Waals surface area contributed by atoms with E-state index in [2.05, 4.69) is 70.5 Å². The molecule has 1 atom stereocenters.